The van der Waals surface area contributed by atoms with Gasteiger partial charge in [0.2, 0.25) is 0 Å². The molecule has 0 aliphatic heterocycles. The van der Waals surface area contributed by atoms with Crippen LogP contribution in [-0.2, 0) is 6.54 Å². The lowest BCUT2D eigenvalue weighted by Crippen LogP contribution is -2.15. The summed E-state index contributed by atoms with van der Waals surface area (Å²) in [6.07, 6.45) is 1.33. The van der Waals surface area contributed by atoms with E-state index >= 15 is 0 Å². The van der Waals surface area contributed by atoms with Crippen molar-refractivity contribution in [2.75, 3.05) is 17.7 Å². The van der Waals surface area contributed by atoms with Gasteiger partial charge in [0.15, 0.2) is 5.78 Å². The second-order valence-corrected chi connectivity index (χ2v) is 6.08. The third kappa shape index (κ3) is 4.91. The van der Waals surface area contributed by atoms with Gasteiger partial charge in [0.05, 0.1) is 7.11 Å². The van der Waals surface area contributed by atoms with Gasteiger partial charge in [0.1, 0.15) is 23.6 Å². The number of benzene rings is 2. The molecule has 3 rings (SSSR count). The van der Waals surface area contributed by atoms with Gasteiger partial charge in [-0.05, 0) is 36.8 Å². The maximum atomic E-state index is 12.5. The third-order valence-electron chi connectivity index (χ3n) is 4.06. The van der Waals surface area contributed by atoms with Crippen molar-refractivity contribution in [3.8, 4) is 5.75 Å². The van der Waals surface area contributed by atoms with E-state index < -0.39 is 0 Å². The predicted molar refractivity (Wildman–Crippen MR) is 107 cm³/mol. The largest absolute Gasteiger partial charge is 0.497 e. The summed E-state index contributed by atoms with van der Waals surface area (Å²) in [5.41, 5.74) is 2.33. The lowest BCUT2D eigenvalue weighted by molar-refractivity contribution is 0.100. The maximum Gasteiger partial charge on any atom is 0.274 e. The molecule has 28 heavy (non-hydrogen) atoms. The van der Waals surface area contributed by atoms with E-state index in [9.17, 15) is 9.59 Å². The molecule has 0 unspecified atom stereocenters. The molecule has 1 aromatic heterocycles. The number of hydrogen-bond acceptors (Lipinski definition) is 6. The van der Waals surface area contributed by atoms with E-state index in [0.29, 0.717) is 23.6 Å². The first-order valence-corrected chi connectivity index (χ1v) is 8.66. The molecular weight excluding hydrogens is 356 g/mol. The average molecular weight is 376 g/mol. The first kappa shape index (κ1) is 19.0. The number of carbonyl (C=O) groups excluding carboxylic acids is 2. The van der Waals surface area contributed by atoms with Gasteiger partial charge in [-0.2, -0.15) is 0 Å². The number of amides is 1. The van der Waals surface area contributed by atoms with Crippen molar-refractivity contribution in [2.45, 2.75) is 13.5 Å². The fraction of sp³-hybridized carbons (Fsp3) is 0.143. The molecule has 0 saturated heterocycles. The Hall–Kier alpha value is -3.74. The molecule has 0 spiro atoms. The lowest BCUT2D eigenvalue weighted by Gasteiger charge is -2.09. The molecule has 3 aromatic rings. The highest BCUT2D eigenvalue weighted by atomic mass is 16.5. The molecule has 0 aliphatic carbocycles. The first-order valence-electron chi connectivity index (χ1n) is 8.66. The van der Waals surface area contributed by atoms with Crippen molar-refractivity contribution in [2.24, 2.45) is 0 Å². The van der Waals surface area contributed by atoms with E-state index in [2.05, 4.69) is 20.6 Å². The number of anilines is 2. The Morgan fingerprint density at radius 2 is 1.82 bits per heavy atom. The predicted octanol–water partition coefficient (Wildman–Crippen LogP) is 3.55. The van der Waals surface area contributed by atoms with Crippen LogP contribution in [0.4, 0.5) is 11.5 Å². The summed E-state index contributed by atoms with van der Waals surface area (Å²) in [7, 11) is 1.62. The van der Waals surface area contributed by atoms with E-state index in [4.69, 9.17) is 4.74 Å². The van der Waals surface area contributed by atoms with Gasteiger partial charge in [-0.1, -0.05) is 24.3 Å². The Morgan fingerprint density at radius 1 is 1.04 bits per heavy atom. The van der Waals surface area contributed by atoms with Crippen molar-refractivity contribution in [1.29, 1.82) is 0 Å². The zero-order valence-electron chi connectivity index (χ0n) is 15.6. The van der Waals surface area contributed by atoms with Crippen LogP contribution < -0.4 is 15.4 Å². The normalized spacial score (nSPS) is 10.2. The number of nitrogens with zero attached hydrogens (tertiary/aromatic N) is 2. The number of nitrogens with one attached hydrogen (secondary N) is 2. The van der Waals surface area contributed by atoms with Crippen LogP contribution in [0.2, 0.25) is 0 Å². The van der Waals surface area contributed by atoms with Gasteiger partial charge in [0, 0.05) is 23.9 Å². The van der Waals surface area contributed by atoms with Crippen LogP contribution in [0.5, 0.6) is 5.75 Å². The smallest absolute Gasteiger partial charge is 0.274 e. The molecule has 2 N–H and O–H groups in total. The summed E-state index contributed by atoms with van der Waals surface area (Å²) in [4.78, 5) is 32.1. The zero-order valence-corrected chi connectivity index (χ0v) is 15.6. The molecular formula is C21H20N4O3. The second-order valence-electron chi connectivity index (χ2n) is 6.08. The molecule has 0 fully saturated rings. The number of carbonyl (C=O) groups is 2. The maximum absolute atomic E-state index is 12.5. The summed E-state index contributed by atoms with van der Waals surface area (Å²) in [6.45, 7) is 2.02. The first-order chi connectivity index (χ1) is 13.5. The van der Waals surface area contributed by atoms with Crippen LogP contribution in [0.25, 0.3) is 0 Å². The van der Waals surface area contributed by atoms with E-state index in [1.807, 2.05) is 24.3 Å². The minimum Gasteiger partial charge on any atom is -0.497 e. The highest BCUT2D eigenvalue weighted by Crippen LogP contribution is 2.15. The quantitative estimate of drug-likeness (QED) is 0.613. The molecule has 7 nitrogen and oxygen atoms in total. The monoisotopic (exact) mass is 376 g/mol. The van der Waals surface area contributed by atoms with E-state index in [-0.39, 0.29) is 17.4 Å². The van der Waals surface area contributed by atoms with E-state index in [0.717, 1.165) is 11.3 Å². The number of aromatic nitrogens is 2. The van der Waals surface area contributed by atoms with Crippen molar-refractivity contribution < 1.29 is 14.3 Å². The van der Waals surface area contributed by atoms with Crippen LogP contribution in [0.1, 0.15) is 33.3 Å². The zero-order chi connectivity index (χ0) is 19.9. The number of ketones is 1. The molecule has 0 saturated carbocycles. The van der Waals surface area contributed by atoms with Crippen LogP contribution in [0.15, 0.2) is 60.9 Å². The van der Waals surface area contributed by atoms with Gasteiger partial charge in [-0.15, -0.1) is 0 Å². The van der Waals surface area contributed by atoms with E-state index in [1.54, 1.807) is 37.4 Å². The molecule has 0 aliphatic rings. The van der Waals surface area contributed by atoms with Crippen molar-refractivity contribution in [3.63, 3.8) is 0 Å². The van der Waals surface area contributed by atoms with E-state index in [1.165, 1.54) is 13.3 Å². The van der Waals surface area contributed by atoms with Gasteiger partial charge >= 0.3 is 0 Å². The summed E-state index contributed by atoms with van der Waals surface area (Å²) in [6, 6.07) is 16.0. The summed E-state index contributed by atoms with van der Waals surface area (Å²) < 4.78 is 5.14. The summed E-state index contributed by atoms with van der Waals surface area (Å²) in [5, 5.41) is 5.91. The minimum absolute atomic E-state index is 0.0665. The number of hydrogen-bond donors (Lipinski definition) is 2. The number of methoxy groups -OCH3 is 1. The molecule has 0 bridgehead atoms. The van der Waals surface area contributed by atoms with Crippen molar-refractivity contribution in [3.05, 3.63) is 77.7 Å². The fourth-order valence-electron chi connectivity index (χ4n) is 2.53. The Bertz CT molecular complexity index is 987. The van der Waals surface area contributed by atoms with Crippen LogP contribution in [0, 0.1) is 0 Å². The standard InChI is InChI=1S/C21H20N4O3/c1-14(26)16-4-3-5-17(10-16)25-21(27)19-11-20(24-13-23-19)22-12-15-6-8-18(28-2)9-7-15/h3-11,13H,12H2,1-2H3,(H,25,27)(H,22,23,24). The SMILES string of the molecule is COc1ccc(CNc2cc(C(=O)Nc3cccc(C(C)=O)c3)ncn2)cc1. The topological polar surface area (TPSA) is 93.2 Å². The van der Waals surface area contributed by atoms with Gasteiger partial charge in [0.25, 0.3) is 5.91 Å². The Labute approximate surface area is 162 Å². The Balaban J connectivity index is 1.65. The average Bonchev–Trinajstić information content (AvgIpc) is 2.73. The van der Waals surface area contributed by atoms with Gasteiger partial charge < -0.3 is 15.4 Å². The summed E-state index contributed by atoms with van der Waals surface area (Å²) >= 11 is 0. The molecule has 1 amide bonds. The fourth-order valence-corrected chi connectivity index (χ4v) is 2.53. The van der Waals surface area contributed by atoms with Gasteiger partial charge in [-0.25, -0.2) is 9.97 Å². The highest BCUT2D eigenvalue weighted by molar-refractivity contribution is 6.04. The number of ether oxygens (including phenoxy) is 1. The second kappa shape index (κ2) is 8.77. The lowest BCUT2D eigenvalue weighted by atomic mass is 10.1. The van der Waals surface area contributed by atoms with Crippen molar-refractivity contribution >= 4 is 23.2 Å². The third-order valence-corrected chi connectivity index (χ3v) is 4.06. The molecule has 7 heteroatoms. The van der Waals surface area contributed by atoms with Gasteiger partial charge in [-0.3, -0.25) is 9.59 Å². The molecule has 142 valence electrons. The van der Waals surface area contributed by atoms with Crippen LogP contribution >= 0.6 is 0 Å². The van der Waals surface area contributed by atoms with Crippen LogP contribution in [-0.4, -0.2) is 28.8 Å². The Kier molecular flexibility index (Phi) is 5.96. The molecule has 1 heterocycles. The molecule has 0 atom stereocenters. The summed E-state index contributed by atoms with van der Waals surface area (Å²) in [5.74, 6) is 0.880. The molecule has 0 radical (unpaired) electrons. The Morgan fingerprint density at radius 3 is 2.54 bits per heavy atom. The number of Topliss-reactive ketones (excluding diaryl/α,β-unsaturated/α-hetero) is 1. The minimum atomic E-state index is -0.379. The van der Waals surface area contributed by atoms with Crippen LogP contribution in [0.3, 0.4) is 0 Å². The highest BCUT2D eigenvalue weighted by Gasteiger charge is 2.10. The molecule has 2 aromatic carbocycles. The number of rotatable bonds is 7. The van der Waals surface area contributed by atoms with Crippen molar-refractivity contribution in [1.82, 2.24) is 9.97 Å².